The Bertz CT molecular complexity index is 524. The smallest absolute Gasteiger partial charge is 0.223 e. The highest BCUT2D eigenvalue weighted by Crippen LogP contribution is 2.27. The minimum absolute atomic E-state index is 0.135. The minimum atomic E-state index is -0.135. The van der Waals surface area contributed by atoms with Crippen molar-refractivity contribution >= 4 is 17.5 Å². The van der Waals surface area contributed by atoms with E-state index in [0.717, 1.165) is 31.2 Å². The minimum Gasteiger partial charge on any atom is -0.495 e. The molecule has 0 bridgehead atoms. The van der Waals surface area contributed by atoms with Crippen molar-refractivity contribution in [1.29, 1.82) is 0 Å². The maximum absolute atomic E-state index is 11.7. The molecule has 1 aromatic rings. The fourth-order valence-electron chi connectivity index (χ4n) is 2.34. The lowest BCUT2D eigenvalue weighted by atomic mass is 9.85. The van der Waals surface area contributed by atoms with Crippen LogP contribution in [0.3, 0.4) is 0 Å². The van der Waals surface area contributed by atoms with Gasteiger partial charge in [0.1, 0.15) is 5.75 Å². The van der Waals surface area contributed by atoms with E-state index in [1.807, 2.05) is 18.2 Å². The van der Waals surface area contributed by atoms with Gasteiger partial charge in [-0.1, -0.05) is 12.5 Å². The van der Waals surface area contributed by atoms with Gasteiger partial charge < -0.3 is 15.4 Å². The van der Waals surface area contributed by atoms with E-state index in [2.05, 4.69) is 10.6 Å². The summed E-state index contributed by atoms with van der Waals surface area (Å²) >= 11 is 0. The molecule has 2 N–H and O–H groups in total. The molecule has 5 heteroatoms. The summed E-state index contributed by atoms with van der Waals surface area (Å²) in [6.07, 6.45) is 3.92. The van der Waals surface area contributed by atoms with Gasteiger partial charge in [-0.2, -0.15) is 0 Å². The van der Waals surface area contributed by atoms with Gasteiger partial charge in [0.05, 0.1) is 12.8 Å². The van der Waals surface area contributed by atoms with Crippen LogP contribution in [0, 0.1) is 5.92 Å². The SMILES string of the molecule is COc1ccc(CCNC(=O)C2CCC2)cc1NC(C)=O. The average Bonchev–Trinajstić information content (AvgIpc) is 2.36. The first-order valence-electron chi connectivity index (χ1n) is 7.32. The predicted octanol–water partition coefficient (Wildman–Crippen LogP) is 2.11. The summed E-state index contributed by atoms with van der Waals surface area (Å²) in [6.45, 7) is 2.08. The molecule has 1 fully saturated rings. The van der Waals surface area contributed by atoms with Gasteiger partial charge in [-0.25, -0.2) is 0 Å². The Labute approximate surface area is 125 Å². The summed E-state index contributed by atoms with van der Waals surface area (Å²) in [6, 6.07) is 5.66. The van der Waals surface area contributed by atoms with Gasteiger partial charge in [-0.05, 0) is 37.0 Å². The number of carbonyl (C=O) groups excluding carboxylic acids is 2. The van der Waals surface area contributed by atoms with Crippen molar-refractivity contribution in [3.05, 3.63) is 23.8 Å². The highest BCUT2D eigenvalue weighted by molar-refractivity contribution is 5.90. The molecule has 2 rings (SSSR count). The van der Waals surface area contributed by atoms with E-state index >= 15 is 0 Å². The molecule has 1 aromatic carbocycles. The van der Waals surface area contributed by atoms with E-state index < -0.39 is 0 Å². The standard InChI is InChI=1S/C16H22N2O3/c1-11(19)18-14-10-12(6-7-15(14)21-2)8-9-17-16(20)13-4-3-5-13/h6-7,10,13H,3-5,8-9H2,1-2H3,(H,17,20)(H,18,19). The molecule has 5 nitrogen and oxygen atoms in total. The number of benzene rings is 1. The number of ether oxygens (including phenoxy) is 1. The molecular formula is C16H22N2O3. The second-order valence-electron chi connectivity index (χ2n) is 5.38. The molecule has 0 radical (unpaired) electrons. The molecule has 0 spiro atoms. The molecular weight excluding hydrogens is 268 g/mol. The maximum atomic E-state index is 11.7. The molecule has 0 heterocycles. The zero-order valence-electron chi connectivity index (χ0n) is 12.6. The Morgan fingerprint density at radius 2 is 2.10 bits per heavy atom. The van der Waals surface area contributed by atoms with E-state index in [1.54, 1.807) is 7.11 Å². The van der Waals surface area contributed by atoms with Crippen molar-refractivity contribution in [2.45, 2.75) is 32.6 Å². The third kappa shape index (κ3) is 4.21. The van der Waals surface area contributed by atoms with Crippen LogP contribution in [0.2, 0.25) is 0 Å². The van der Waals surface area contributed by atoms with Gasteiger partial charge in [0.15, 0.2) is 0 Å². The number of anilines is 1. The molecule has 0 unspecified atom stereocenters. The highest BCUT2D eigenvalue weighted by atomic mass is 16.5. The largest absolute Gasteiger partial charge is 0.495 e. The van der Waals surface area contributed by atoms with Crippen molar-refractivity contribution in [1.82, 2.24) is 5.32 Å². The van der Waals surface area contributed by atoms with Gasteiger partial charge in [0.25, 0.3) is 0 Å². The third-order valence-corrected chi connectivity index (χ3v) is 3.76. The van der Waals surface area contributed by atoms with Crippen molar-refractivity contribution in [3.8, 4) is 5.75 Å². The van der Waals surface area contributed by atoms with Crippen molar-refractivity contribution in [3.63, 3.8) is 0 Å². The molecule has 1 saturated carbocycles. The first-order valence-corrected chi connectivity index (χ1v) is 7.32. The molecule has 2 amide bonds. The van der Waals surface area contributed by atoms with Crippen LogP contribution in [-0.2, 0) is 16.0 Å². The second-order valence-corrected chi connectivity index (χ2v) is 5.38. The normalized spacial score (nSPS) is 14.2. The molecule has 0 aliphatic heterocycles. The number of rotatable bonds is 6. The molecule has 1 aliphatic carbocycles. The Morgan fingerprint density at radius 3 is 2.67 bits per heavy atom. The quantitative estimate of drug-likeness (QED) is 0.843. The number of methoxy groups -OCH3 is 1. The van der Waals surface area contributed by atoms with Crippen LogP contribution in [0.4, 0.5) is 5.69 Å². The lowest BCUT2D eigenvalue weighted by Gasteiger charge is -2.24. The molecule has 0 atom stereocenters. The van der Waals surface area contributed by atoms with Crippen LogP contribution in [0.15, 0.2) is 18.2 Å². The van der Waals surface area contributed by atoms with Crippen LogP contribution < -0.4 is 15.4 Å². The van der Waals surface area contributed by atoms with Gasteiger partial charge >= 0.3 is 0 Å². The summed E-state index contributed by atoms with van der Waals surface area (Å²) in [5.41, 5.74) is 1.71. The first kappa shape index (κ1) is 15.4. The van der Waals surface area contributed by atoms with Gasteiger partial charge in [-0.15, -0.1) is 0 Å². The van der Waals surface area contributed by atoms with Crippen molar-refractivity contribution < 1.29 is 14.3 Å². The summed E-state index contributed by atoms with van der Waals surface area (Å²) in [5.74, 6) is 0.879. The number of carbonyl (C=O) groups is 2. The first-order chi connectivity index (χ1) is 10.1. The Kier molecular flexibility index (Phi) is 5.20. The lowest BCUT2D eigenvalue weighted by Crippen LogP contribution is -2.35. The number of amides is 2. The molecule has 0 aromatic heterocycles. The van der Waals surface area contributed by atoms with E-state index in [1.165, 1.54) is 6.92 Å². The highest BCUT2D eigenvalue weighted by Gasteiger charge is 2.24. The van der Waals surface area contributed by atoms with Crippen LogP contribution in [-0.4, -0.2) is 25.5 Å². The Balaban J connectivity index is 1.90. The zero-order chi connectivity index (χ0) is 15.2. The lowest BCUT2D eigenvalue weighted by molar-refractivity contribution is -0.127. The monoisotopic (exact) mass is 290 g/mol. The number of hydrogen-bond acceptors (Lipinski definition) is 3. The predicted molar refractivity (Wildman–Crippen MR) is 81.4 cm³/mol. The number of nitrogens with one attached hydrogen (secondary N) is 2. The third-order valence-electron chi connectivity index (χ3n) is 3.76. The number of hydrogen-bond donors (Lipinski definition) is 2. The zero-order valence-corrected chi connectivity index (χ0v) is 12.6. The van der Waals surface area contributed by atoms with E-state index in [0.29, 0.717) is 18.0 Å². The van der Waals surface area contributed by atoms with E-state index in [4.69, 9.17) is 4.74 Å². The summed E-state index contributed by atoms with van der Waals surface area (Å²) < 4.78 is 5.21. The fourth-order valence-corrected chi connectivity index (χ4v) is 2.34. The van der Waals surface area contributed by atoms with E-state index in [-0.39, 0.29) is 17.7 Å². The maximum Gasteiger partial charge on any atom is 0.223 e. The Hall–Kier alpha value is -2.04. The van der Waals surface area contributed by atoms with Gasteiger partial charge in [-0.3, -0.25) is 9.59 Å². The van der Waals surface area contributed by atoms with E-state index in [9.17, 15) is 9.59 Å². The van der Waals surface area contributed by atoms with Crippen LogP contribution >= 0.6 is 0 Å². The summed E-state index contributed by atoms with van der Waals surface area (Å²) in [5, 5.41) is 5.71. The van der Waals surface area contributed by atoms with Gasteiger partial charge in [0.2, 0.25) is 11.8 Å². The van der Waals surface area contributed by atoms with Crippen LogP contribution in [0.5, 0.6) is 5.75 Å². The average molecular weight is 290 g/mol. The van der Waals surface area contributed by atoms with Crippen molar-refractivity contribution in [2.75, 3.05) is 19.0 Å². The molecule has 0 saturated heterocycles. The second kappa shape index (κ2) is 7.11. The molecule has 1 aliphatic rings. The molecule has 114 valence electrons. The van der Waals surface area contributed by atoms with Crippen LogP contribution in [0.1, 0.15) is 31.7 Å². The van der Waals surface area contributed by atoms with Crippen molar-refractivity contribution in [2.24, 2.45) is 5.92 Å². The topological polar surface area (TPSA) is 67.4 Å². The van der Waals surface area contributed by atoms with Gasteiger partial charge in [0, 0.05) is 19.4 Å². The Morgan fingerprint density at radius 1 is 1.33 bits per heavy atom. The van der Waals surface area contributed by atoms with Crippen LogP contribution in [0.25, 0.3) is 0 Å². The summed E-state index contributed by atoms with van der Waals surface area (Å²) in [4.78, 5) is 22.9. The molecule has 21 heavy (non-hydrogen) atoms. The fraction of sp³-hybridized carbons (Fsp3) is 0.500. The summed E-state index contributed by atoms with van der Waals surface area (Å²) in [7, 11) is 1.57.